The second kappa shape index (κ2) is 7.11. The van der Waals surface area contributed by atoms with E-state index in [1.807, 2.05) is 31.4 Å². The molecule has 1 aromatic carbocycles. The quantitative estimate of drug-likeness (QED) is 0.512. The molecule has 1 saturated heterocycles. The van der Waals surface area contributed by atoms with Gasteiger partial charge in [0.1, 0.15) is 5.75 Å². The molecule has 2 N–H and O–H groups in total. The van der Waals surface area contributed by atoms with Crippen LogP contribution in [0.15, 0.2) is 36.7 Å². The summed E-state index contributed by atoms with van der Waals surface area (Å²) in [5, 5.41) is 20.8. The monoisotopic (exact) mass is 422 g/mol. The predicted molar refractivity (Wildman–Crippen MR) is 120 cm³/mol. The largest absolute Gasteiger partial charge is 0.507 e. The minimum atomic E-state index is 0.138. The van der Waals surface area contributed by atoms with E-state index in [0.717, 1.165) is 35.1 Å². The Bertz CT molecular complexity index is 1260. The van der Waals surface area contributed by atoms with Gasteiger partial charge in [-0.25, -0.2) is 9.97 Å². The van der Waals surface area contributed by atoms with Crippen LogP contribution in [0.2, 0.25) is 5.02 Å². The molecular weight excluding hydrogens is 400 g/mol. The Hall–Kier alpha value is -2.90. The van der Waals surface area contributed by atoms with Crippen molar-refractivity contribution >= 4 is 39.2 Å². The van der Waals surface area contributed by atoms with Crippen LogP contribution in [0.3, 0.4) is 0 Å². The van der Waals surface area contributed by atoms with Crippen molar-refractivity contribution in [3.63, 3.8) is 0 Å². The third-order valence-electron chi connectivity index (χ3n) is 5.56. The molecule has 3 aromatic heterocycles. The van der Waals surface area contributed by atoms with Gasteiger partial charge in [-0.1, -0.05) is 11.6 Å². The number of hydrogen-bond acceptors (Lipinski definition) is 6. The van der Waals surface area contributed by atoms with Crippen LogP contribution >= 0.6 is 11.6 Å². The van der Waals surface area contributed by atoms with E-state index in [-0.39, 0.29) is 5.75 Å². The number of halogens is 1. The molecule has 154 valence electrons. The molecule has 0 amide bonds. The first-order valence-corrected chi connectivity index (χ1v) is 10.4. The number of aryl methyl sites for hydroxylation is 1. The normalized spacial score (nSPS) is 19.7. The molecule has 0 unspecified atom stereocenters. The first kappa shape index (κ1) is 19.1. The zero-order valence-corrected chi connectivity index (χ0v) is 17.9. The van der Waals surface area contributed by atoms with Crippen molar-refractivity contribution in [2.24, 2.45) is 7.05 Å². The van der Waals surface area contributed by atoms with Gasteiger partial charge in [0.15, 0.2) is 5.65 Å². The van der Waals surface area contributed by atoms with Crippen molar-refractivity contribution in [1.29, 1.82) is 0 Å². The number of phenolic OH excluding ortho intramolecular Hbond substituents is 1. The zero-order valence-electron chi connectivity index (χ0n) is 17.1. The van der Waals surface area contributed by atoms with Crippen LogP contribution in [-0.4, -0.2) is 50.0 Å². The Morgan fingerprint density at radius 2 is 1.93 bits per heavy atom. The molecular formula is C22H23ClN6O. The average molecular weight is 423 g/mol. The van der Waals surface area contributed by atoms with E-state index in [9.17, 15) is 5.11 Å². The van der Waals surface area contributed by atoms with Crippen molar-refractivity contribution in [3.05, 3.63) is 41.7 Å². The maximum atomic E-state index is 10.5. The second-order valence-corrected chi connectivity index (χ2v) is 8.51. The van der Waals surface area contributed by atoms with Crippen LogP contribution in [0, 0.1) is 0 Å². The molecule has 2 atom stereocenters. The second-order valence-electron chi connectivity index (χ2n) is 8.13. The number of aromatic hydroxyl groups is 1. The van der Waals surface area contributed by atoms with Crippen molar-refractivity contribution in [3.8, 4) is 17.0 Å². The highest BCUT2D eigenvalue weighted by Crippen LogP contribution is 2.36. The van der Waals surface area contributed by atoms with Crippen molar-refractivity contribution in [1.82, 2.24) is 25.1 Å². The minimum absolute atomic E-state index is 0.138. The fourth-order valence-electron chi connectivity index (χ4n) is 4.32. The van der Waals surface area contributed by atoms with Crippen LogP contribution < -0.4 is 10.2 Å². The van der Waals surface area contributed by atoms with Gasteiger partial charge >= 0.3 is 0 Å². The molecule has 4 heterocycles. The summed E-state index contributed by atoms with van der Waals surface area (Å²) < 4.78 is 1.72. The number of piperazine rings is 1. The molecule has 8 heteroatoms. The Labute approximate surface area is 179 Å². The fourth-order valence-corrected chi connectivity index (χ4v) is 4.63. The number of hydrogen-bond donors (Lipinski definition) is 2. The predicted octanol–water partition coefficient (Wildman–Crippen LogP) is 3.73. The molecule has 5 rings (SSSR count). The van der Waals surface area contributed by atoms with Gasteiger partial charge in [-0.2, -0.15) is 5.10 Å². The lowest BCUT2D eigenvalue weighted by Gasteiger charge is -2.37. The Morgan fingerprint density at radius 1 is 1.17 bits per heavy atom. The first-order valence-electron chi connectivity index (χ1n) is 10.0. The number of nitrogens with one attached hydrogen (secondary N) is 1. The molecule has 0 spiro atoms. The maximum absolute atomic E-state index is 10.5. The SMILES string of the molecule is C[C@@H]1CN(c2cnc3nc(-c4cc5cn(C)nc5cc4O)ccc3c2Cl)C[C@@H](C)N1. The van der Waals surface area contributed by atoms with E-state index < -0.39 is 0 Å². The lowest BCUT2D eigenvalue weighted by molar-refractivity contribution is 0.407. The summed E-state index contributed by atoms with van der Waals surface area (Å²) in [6.45, 7) is 6.10. The Balaban J connectivity index is 1.56. The number of phenols is 1. The van der Waals surface area contributed by atoms with Gasteiger partial charge in [0.05, 0.1) is 28.1 Å². The molecule has 7 nitrogen and oxygen atoms in total. The van der Waals surface area contributed by atoms with E-state index in [1.165, 1.54) is 0 Å². The highest BCUT2D eigenvalue weighted by molar-refractivity contribution is 6.37. The fraction of sp³-hybridized carbons (Fsp3) is 0.318. The van der Waals surface area contributed by atoms with Crippen molar-refractivity contribution in [2.45, 2.75) is 25.9 Å². The third kappa shape index (κ3) is 3.24. The van der Waals surface area contributed by atoms with Gasteiger partial charge in [0.2, 0.25) is 0 Å². The summed E-state index contributed by atoms with van der Waals surface area (Å²) in [6.07, 6.45) is 3.71. The van der Waals surface area contributed by atoms with Crippen molar-refractivity contribution in [2.75, 3.05) is 18.0 Å². The number of fused-ring (bicyclic) bond motifs is 2. The summed E-state index contributed by atoms with van der Waals surface area (Å²) in [6, 6.07) is 8.12. The molecule has 0 radical (unpaired) electrons. The summed E-state index contributed by atoms with van der Waals surface area (Å²) >= 11 is 6.78. The highest BCUT2D eigenvalue weighted by atomic mass is 35.5. The topological polar surface area (TPSA) is 79.1 Å². The van der Waals surface area contributed by atoms with Crippen LogP contribution in [0.5, 0.6) is 5.75 Å². The third-order valence-corrected chi connectivity index (χ3v) is 5.95. The number of nitrogens with zero attached hydrogens (tertiary/aromatic N) is 5. The van der Waals surface area contributed by atoms with E-state index in [4.69, 9.17) is 11.6 Å². The molecule has 1 fully saturated rings. The molecule has 4 aromatic rings. The van der Waals surface area contributed by atoms with Crippen molar-refractivity contribution < 1.29 is 5.11 Å². The van der Waals surface area contributed by atoms with Gasteiger partial charge in [-0.05, 0) is 32.0 Å². The maximum Gasteiger partial charge on any atom is 0.161 e. The summed E-state index contributed by atoms with van der Waals surface area (Å²) in [7, 11) is 1.86. The summed E-state index contributed by atoms with van der Waals surface area (Å²) in [4.78, 5) is 11.6. The van der Waals surface area contributed by atoms with Gasteiger partial charge in [-0.3, -0.25) is 4.68 Å². The molecule has 30 heavy (non-hydrogen) atoms. The molecule has 1 aliphatic rings. The van der Waals surface area contributed by atoms with E-state index in [1.54, 1.807) is 16.9 Å². The number of anilines is 1. The van der Waals surface area contributed by atoms with Crippen LogP contribution in [-0.2, 0) is 7.05 Å². The lowest BCUT2D eigenvalue weighted by atomic mass is 10.1. The molecule has 0 saturated carbocycles. The molecule has 1 aliphatic heterocycles. The number of benzene rings is 1. The van der Waals surface area contributed by atoms with Gasteiger partial charge in [0.25, 0.3) is 0 Å². The van der Waals surface area contributed by atoms with Gasteiger partial charge in [0, 0.05) is 60.8 Å². The average Bonchev–Trinajstić information content (AvgIpc) is 3.05. The van der Waals surface area contributed by atoms with Gasteiger partial charge in [-0.15, -0.1) is 0 Å². The van der Waals surface area contributed by atoms with E-state index in [2.05, 4.69) is 39.1 Å². The number of aromatic nitrogens is 4. The smallest absolute Gasteiger partial charge is 0.161 e. The summed E-state index contributed by atoms with van der Waals surface area (Å²) in [5.41, 5.74) is 3.52. The number of rotatable bonds is 2. The van der Waals surface area contributed by atoms with Gasteiger partial charge < -0.3 is 15.3 Å². The highest BCUT2D eigenvalue weighted by Gasteiger charge is 2.24. The molecule has 0 aliphatic carbocycles. The minimum Gasteiger partial charge on any atom is -0.507 e. The molecule has 0 bridgehead atoms. The summed E-state index contributed by atoms with van der Waals surface area (Å²) in [5.74, 6) is 0.138. The standard InChI is InChI=1S/C22H23ClN6O/c1-12-9-29(10-13(2)25-12)19-8-24-22-15(21(19)23)4-5-17(26-22)16-6-14-11-28(3)27-18(14)7-20(16)30/h4-8,11-13,25,30H,9-10H2,1-3H3/t12-,13-/m1/s1. The van der Waals surface area contributed by atoms with Crippen LogP contribution in [0.1, 0.15) is 13.8 Å². The first-order chi connectivity index (χ1) is 14.4. The zero-order chi connectivity index (χ0) is 21.0. The lowest BCUT2D eigenvalue weighted by Crippen LogP contribution is -2.54. The Morgan fingerprint density at radius 3 is 2.70 bits per heavy atom. The van der Waals surface area contributed by atoms with Crippen LogP contribution in [0.25, 0.3) is 33.2 Å². The number of pyridine rings is 2. The Kier molecular flexibility index (Phi) is 4.52. The van der Waals surface area contributed by atoms with E-state index in [0.29, 0.717) is 34.0 Å². The van der Waals surface area contributed by atoms with E-state index >= 15 is 0 Å². The van der Waals surface area contributed by atoms with Crippen LogP contribution in [0.4, 0.5) is 5.69 Å².